The highest BCUT2D eigenvalue weighted by Gasteiger charge is 2.08. The molecule has 9 heteroatoms. The Morgan fingerprint density at radius 3 is 3.04 bits per heavy atom. The molecule has 0 fully saturated rings. The van der Waals surface area contributed by atoms with Crippen molar-refractivity contribution in [3.63, 3.8) is 0 Å². The van der Waals surface area contributed by atoms with E-state index in [0.717, 1.165) is 17.8 Å². The van der Waals surface area contributed by atoms with Crippen LogP contribution in [0, 0.1) is 18.4 Å². The third-order valence-corrected chi connectivity index (χ3v) is 3.82. The fraction of sp³-hybridized carbons (Fsp3) is 0.571. The third-order valence-electron chi connectivity index (χ3n) is 3.00. The van der Waals surface area contributed by atoms with Crippen molar-refractivity contribution in [2.75, 3.05) is 12.9 Å². The highest BCUT2D eigenvalue weighted by molar-refractivity contribution is 7.98. The lowest BCUT2D eigenvalue weighted by atomic mass is 10.3. The van der Waals surface area contributed by atoms with Gasteiger partial charge < -0.3 is 14.6 Å². The molecule has 0 aliphatic heterocycles. The maximum Gasteiger partial charge on any atom is 0.307 e. The molecular weight excluding hydrogens is 316 g/mol. The average Bonchev–Trinajstić information content (AvgIpc) is 2.89. The van der Waals surface area contributed by atoms with Gasteiger partial charge in [0, 0.05) is 24.9 Å². The number of nitrogens with zero attached hydrogens (tertiary/aromatic N) is 4. The van der Waals surface area contributed by atoms with Gasteiger partial charge in [-0.25, -0.2) is 4.98 Å². The SMILES string of the molecule is CCCC(=O)OCn1cnc(CSCNC(=NC)NC#N)c1C. The van der Waals surface area contributed by atoms with Crippen molar-refractivity contribution < 1.29 is 9.53 Å². The van der Waals surface area contributed by atoms with E-state index in [0.29, 0.717) is 24.0 Å². The number of carbonyl (C=O) groups is 1. The zero-order valence-electron chi connectivity index (χ0n) is 13.6. The van der Waals surface area contributed by atoms with Crippen LogP contribution < -0.4 is 10.6 Å². The smallest absolute Gasteiger partial charge is 0.307 e. The van der Waals surface area contributed by atoms with E-state index < -0.39 is 0 Å². The number of nitriles is 1. The summed E-state index contributed by atoms with van der Waals surface area (Å²) in [6.45, 7) is 4.08. The summed E-state index contributed by atoms with van der Waals surface area (Å²) < 4.78 is 6.98. The number of hydrogen-bond acceptors (Lipinski definition) is 6. The van der Waals surface area contributed by atoms with Gasteiger partial charge in [-0.1, -0.05) is 6.92 Å². The number of esters is 1. The van der Waals surface area contributed by atoms with Gasteiger partial charge in [-0.2, -0.15) is 5.26 Å². The first-order valence-electron chi connectivity index (χ1n) is 7.22. The fourth-order valence-corrected chi connectivity index (χ4v) is 2.49. The van der Waals surface area contributed by atoms with E-state index >= 15 is 0 Å². The number of rotatable bonds is 8. The van der Waals surface area contributed by atoms with Gasteiger partial charge in [0.15, 0.2) is 12.9 Å². The fourth-order valence-electron chi connectivity index (χ4n) is 1.67. The van der Waals surface area contributed by atoms with Crippen molar-refractivity contribution in [1.29, 1.82) is 5.26 Å². The van der Waals surface area contributed by atoms with Gasteiger partial charge in [-0.15, -0.1) is 11.8 Å². The number of imidazole rings is 1. The Kier molecular flexibility index (Phi) is 8.60. The minimum absolute atomic E-state index is 0.194. The first-order chi connectivity index (χ1) is 11.1. The summed E-state index contributed by atoms with van der Waals surface area (Å²) in [5, 5.41) is 14.0. The third kappa shape index (κ3) is 6.61. The lowest BCUT2D eigenvalue weighted by Crippen LogP contribution is -2.33. The number of hydrogen-bond donors (Lipinski definition) is 2. The molecule has 1 aromatic heterocycles. The van der Waals surface area contributed by atoms with Crippen molar-refractivity contribution in [1.82, 2.24) is 20.2 Å². The molecule has 0 radical (unpaired) electrons. The van der Waals surface area contributed by atoms with E-state index in [1.165, 1.54) is 0 Å². The topological polar surface area (TPSA) is 104 Å². The standard InChI is InChI=1S/C14H22N6O2S/c1-4-5-13(21)22-10-20-8-18-12(11(20)2)6-23-9-19-14(16-3)17-7-15/h8H,4-6,9-10H2,1-3H3,(H2,16,17,19). The monoisotopic (exact) mass is 338 g/mol. The molecule has 23 heavy (non-hydrogen) atoms. The summed E-state index contributed by atoms with van der Waals surface area (Å²) in [5.41, 5.74) is 1.91. The molecule has 8 nitrogen and oxygen atoms in total. The van der Waals surface area contributed by atoms with Crippen LogP contribution in [0.5, 0.6) is 0 Å². The zero-order chi connectivity index (χ0) is 17.1. The number of carbonyl (C=O) groups excluding carboxylic acids is 1. The van der Waals surface area contributed by atoms with Gasteiger partial charge in [-0.3, -0.25) is 15.1 Å². The van der Waals surface area contributed by atoms with Gasteiger partial charge in [0.05, 0.1) is 17.9 Å². The molecule has 0 unspecified atom stereocenters. The molecule has 1 rings (SSSR count). The molecule has 0 aliphatic rings. The number of aliphatic imine (C=N–C) groups is 1. The van der Waals surface area contributed by atoms with Gasteiger partial charge in [0.2, 0.25) is 5.96 Å². The van der Waals surface area contributed by atoms with Gasteiger partial charge >= 0.3 is 5.97 Å². The molecule has 126 valence electrons. The van der Waals surface area contributed by atoms with E-state index in [2.05, 4.69) is 20.6 Å². The first kappa shape index (κ1) is 18.8. The predicted molar refractivity (Wildman–Crippen MR) is 89.4 cm³/mol. The van der Waals surface area contributed by atoms with E-state index in [1.54, 1.807) is 25.1 Å². The molecular formula is C14H22N6O2S. The average molecular weight is 338 g/mol. The molecule has 0 aliphatic carbocycles. The number of nitrogens with one attached hydrogen (secondary N) is 2. The molecule has 0 aromatic carbocycles. The Bertz CT molecular complexity index is 578. The summed E-state index contributed by atoms with van der Waals surface area (Å²) in [6, 6.07) is 0. The van der Waals surface area contributed by atoms with Crippen molar-refractivity contribution in [2.45, 2.75) is 39.2 Å². The van der Waals surface area contributed by atoms with Crippen LogP contribution in [0.25, 0.3) is 0 Å². The van der Waals surface area contributed by atoms with Crippen LogP contribution in [0.1, 0.15) is 31.2 Å². The number of aromatic nitrogens is 2. The number of guanidine groups is 1. The molecule has 2 N–H and O–H groups in total. The Hall–Kier alpha value is -2.21. The summed E-state index contributed by atoms with van der Waals surface area (Å²) in [5.74, 6) is 1.54. The molecule has 0 saturated carbocycles. The molecule has 1 aromatic rings. The lowest BCUT2D eigenvalue weighted by molar-refractivity contribution is -0.147. The molecule has 0 spiro atoms. The number of thioether (sulfide) groups is 1. The van der Waals surface area contributed by atoms with Crippen LogP contribution in [0.4, 0.5) is 0 Å². The van der Waals surface area contributed by atoms with Crippen molar-refractivity contribution in [2.24, 2.45) is 4.99 Å². The van der Waals surface area contributed by atoms with Crippen molar-refractivity contribution >= 4 is 23.7 Å². The number of ether oxygens (including phenoxy) is 1. The molecule has 0 saturated heterocycles. The predicted octanol–water partition coefficient (Wildman–Crippen LogP) is 1.33. The van der Waals surface area contributed by atoms with Gasteiger partial charge in [-0.05, 0) is 13.3 Å². The molecule has 0 amide bonds. The maximum atomic E-state index is 11.4. The van der Waals surface area contributed by atoms with E-state index in [4.69, 9.17) is 10.00 Å². The van der Waals surface area contributed by atoms with Crippen LogP contribution >= 0.6 is 11.8 Å². The Balaban J connectivity index is 2.39. The van der Waals surface area contributed by atoms with E-state index in [9.17, 15) is 4.79 Å². The Morgan fingerprint density at radius 2 is 2.39 bits per heavy atom. The normalized spacial score (nSPS) is 11.0. The second-order valence-corrected chi connectivity index (χ2v) is 5.61. The molecule has 1 heterocycles. The minimum atomic E-state index is -0.197. The highest BCUT2D eigenvalue weighted by Crippen LogP contribution is 2.14. The van der Waals surface area contributed by atoms with E-state index in [-0.39, 0.29) is 12.7 Å². The van der Waals surface area contributed by atoms with Crippen molar-refractivity contribution in [3.05, 3.63) is 17.7 Å². The minimum Gasteiger partial charge on any atom is -0.444 e. The summed E-state index contributed by atoms with van der Waals surface area (Å²) in [7, 11) is 1.60. The molecule has 0 bridgehead atoms. The largest absolute Gasteiger partial charge is 0.444 e. The Morgan fingerprint density at radius 1 is 1.61 bits per heavy atom. The first-order valence-corrected chi connectivity index (χ1v) is 8.37. The van der Waals surface area contributed by atoms with Crippen LogP contribution in [0.3, 0.4) is 0 Å². The Labute approximate surface area is 140 Å². The summed E-state index contributed by atoms with van der Waals surface area (Å²) >= 11 is 1.61. The van der Waals surface area contributed by atoms with Crippen LogP contribution in [0.2, 0.25) is 0 Å². The summed E-state index contributed by atoms with van der Waals surface area (Å²) in [6.07, 6.45) is 4.70. The van der Waals surface area contributed by atoms with Gasteiger partial charge in [0.25, 0.3) is 0 Å². The zero-order valence-corrected chi connectivity index (χ0v) is 14.4. The molecule has 0 atom stereocenters. The van der Waals surface area contributed by atoms with Crippen LogP contribution in [-0.2, 0) is 22.0 Å². The van der Waals surface area contributed by atoms with Gasteiger partial charge in [0.1, 0.15) is 0 Å². The van der Waals surface area contributed by atoms with E-state index in [1.807, 2.05) is 24.6 Å². The highest BCUT2D eigenvalue weighted by atomic mass is 32.2. The quantitative estimate of drug-likeness (QED) is 0.140. The van der Waals surface area contributed by atoms with Crippen LogP contribution in [-0.4, -0.2) is 34.4 Å². The summed E-state index contributed by atoms with van der Waals surface area (Å²) in [4.78, 5) is 19.6. The van der Waals surface area contributed by atoms with Crippen LogP contribution in [0.15, 0.2) is 11.3 Å². The second kappa shape index (κ2) is 10.5. The van der Waals surface area contributed by atoms with Crippen molar-refractivity contribution in [3.8, 4) is 6.19 Å². The maximum absolute atomic E-state index is 11.4. The second-order valence-electron chi connectivity index (χ2n) is 4.62. The lowest BCUT2D eigenvalue weighted by Gasteiger charge is -2.08.